The van der Waals surface area contributed by atoms with Crippen LogP contribution in [-0.2, 0) is 4.74 Å². The minimum Gasteiger partial charge on any atom is -0.373 e. The molecule has 1 N–H and O–H groups in total. The van der Waals surface area contributed by atoms with E-state index in [4.69, 9.17) is 4.74 Å². The molecule has 1 aromatic rings. The average Bonchev–Trinajstić information content (AvgIpc) is 2.63. The van der Waals surface area contributed by atoms with Gasteiger partial charge in [0.1, 0.15) is 6.61 Å². The lowest BCUT2D eigenvalue weighted by Crippen LogP contribution is -2.33. The van der Waals surface area contributed by atoms with Crippen molar-refractivity contribution in [2.24, 2.45) is 5.92 Å². The smallest absolute Gasteiger partial charge is 0.268 e. The Kier molecular flexibility index (Phi) is 11.1. The minimum atomic E-state index is -2.86. The first kappa shape index (κ1) is 25.3. The third-order valence-corrected chi connectivity index (χ3v) is 5.05. The number of amides is 1. The van der Waals surface area contributed by atoms with Crippen molar-refractivity contribution in [2.75, 3.05) is 19.8 Å². The van der Waals surface area contributed by atoms with E-state index in [2.05, 4.69) is 31.8 Å². The average molecular weight is 410 g/mol. The summed E-state index contributed by atoms with van der Waals surface area (Å²) < 4.78 is 30.3. The first-order chi connectivity index (χ1) is 13.7. The summed E-state index contributed by atoms with van der Waals surface area (Å²) in [6.07, 6.45) is 9.24. The predicted molar refractivity (Wildman–Crippen MR) is 117 cm³/mol. The molecule has 0 aliphatic carbocycles. The molecule has 0 aliphatic heterocycles. The molecule has 0 saturated heterocycles. The fourth-order valence-electron chi connectivity index (χ4n) is 3.61. The van der Waals surface area contributed by atoms with Gasteiger partial charge in [0.25, 0.3) is 11.8 Å². The first-order valence-electron chi connectivity index (χ1n) is 10.7. The quantitative estimate of drug-likeness (QED) is 0.484. The monoisotopic (exact) mass is 409 g/mol. The lowest BCUT2D eigenvalue weighted by atomic mass is 9.93. The highest BCUT2D eigenvalue weighted by Gasteiger charge is 2.20. The van der Waals surface area contributed by atoms with Gasteiger partial charge in [-0.05, 0) is 47.8 Å². The molecule has 0 fully saturated rings. The topological polar surface area (TPSA) is 38.3 Å². The second kappa shape index (κ2) is 12.7. The number of carbonyl (C=O) groups is 1. The molecule has 0 saturated carbocycles. The van der Waals surface area contributed by atoms with Crippen LogP contribution in [-0.4, -0.2) is 31.6 Å². The molecular formula is C24H37F2NO2. The van der Waals surface area contributed by atoms with E-state index in [-0.39, 0.29) is 19.1 Å². The van der Waals surface area contributed by atoms with Gasteiger partial charge >= 0.3 is 0 Å². The summed E-state index contributed by atoms with van der Waals surface area (Å²) in [6.45, 7) is 10.9. The second-order valence-electron chi connectivity index (χ2n) is 7.91. The van der Waals surface area contributed by atoms with E-state index in [1.807, 2.05) is 13.0 Å². The van der Waals surface area contributed by atoms with E-state index in [9.17, 15) is 13.6 Å². The summed E-state index contributed by atoms with van der Waals surface area (Å²) in [4.78, 5) is 12.5. The third kappa shape index (κ3) is 9.53. The summed E-state index contributed by atoms with van der Waals surface area (Å²) in [7, 11) is 0. The van der Waals surface area contributed by atoms with Crippen molar-refractivity contribution in [2.45, 2.75) is 72.1 Å². The van der Waals surface area contributed by atoms with Gasteiger partial charge in [-0.1, -0.05) is 58.3 Å². The first-order valence-corrected chi connectivity index (χ1v) is 10.7. The van der Waals surface area contributed by atoms with Crippen molar-refractivity contribution >= 4 is 18.6 Å². The normalized spacial score (nSPS) is 12.6. The highest BCUT2D eigenvalue weighted by Crippen LogP contribution is 2.19. The number of nitrogens with one attached hydrogen (secondary N) is 1. The molecule has 0 spiro atoms. The molecular weight excluding hydrogens is 372 g/mol. The molecule has 1 rings (SSSR count). The fraction of sp³-hybridized carbons (Fsp3) is 0.625. The van der Waals surface area contributed by atoms with Gasteiger partial charge in [-0.15, -0.1) is 0 Å². The number of carbonyl (C=O) groups excluding carboxylic acids is 1. The highest BCUT2D eigenvalue weighted by molar-refractivity contribution is 5.95. The maximum absolute atomic E-state index is 12.7. The van der Waals surface area contributed by atoms with E-state index in [0.717, 1.165) is 41.7 Å². The SMILES string of the molecule is C=c1ccc(C(=O)NCCOCC(C)(F)F)c(C)/c1=C/CCC(CCC)CCC. The van der Waals surface area contributed by atoms with Gasteiger partial charge in [-0.25, -0.2) is 8.78 Å². The van der Waals surface area contributed by atoms with Crippen molar-refractivity contribution < 1.29 is 18.3 Å². The van der Waals surface area contributed by atoms with Crippen molar-refractivity contribution in [3.05, 3.63) is 33.7 Å². The number of rotatable bonds is 13. The molecule has 0 aromatic heterocycles. The standard InChI is InChI=1S/C24H37F2NO2/c1-6-9-20(10-7-2)11-8-12-21-18(3)13-14-22(19(21)4)23(28)27-15-16-29-17-24(5,25)26/h12-14,20H,3,6-11,15-17H2,1-2,4-5H3,(H,27,28)/b21-12+. The largest absolute Gasteiger partial charge is 0.373 e. The zero-order valence-electron chi connectivity index (χ0n) is 18.5. The minimum absolute atomic E-state index is 0.0524. The van der Waals surface area contributed by atoms with Crippen LogP contribution in [0, 0.1) is 12.8 Å². The molecule has 1 amide bonds. The van der Waals surface area contributed by atoms with E-state index in [1.54, 1.807) is 6.07 Å². The number of hydrogen-bond acceptors (Lipinski definition) is 2. The predicted octanol–water partition coefficient (Wildman–Crippen LogP) is 4.58. The molecule has 0 aliphatic rings. The number of hydrogen-bond donors (Lipinski definition) is 1. The second-order valence-corrected chi connectivity index (χ2v) is 7.91. The lowest BCUT2D eigenvalue weighted by Gasteiger charge is -2.14. The van der Waals surface area contributed by atoms with Gasteiger partial charge in [-0.2, -0.15) is 0 Å². The van der Waals surface area contributed by atoms with Gasteiger partial charge in [0.15, 0.2) is 0 Å². The van der Waals surface area contributed by atoms with Crippen LogP contribution in [0.3, 0.4) is 0 Å². The zero-order valence-corrected chi connectivity index (χ0v) is 18.5. The Labute approximate surface area is 174 Å². The van der Waals surface area contributed by atoms with Crippen molar-refractivity contribution in [3.8, 4) is 0 Å². The third-order valence-electron chi connectivity index (χ3n) is 5.05. The maximum atomic E-state index is 12.7. The Morgan fingerprint density at radius 3 is 2.48 bits per heavy atom. The molecule has 0 unspecified atom stereocenters. The molecule has 0 bridgehead atoms. The van der Waals surface area contributed by atoms with Crippen LogP contribution in [0.2, 0.25) is 0 Å². The molecule has 1 aromatic carbocycles. The number of alkyl halides is 2. The Balaban J connectivity index is 2.74. The fourth-order valence-corrected chi connectivity index (χ4v) is 3.61. The summed E-state index contributed by atoms with van der Waals surface area (Å²) in [6, 6.07) is 3.62. The Morgan fingerprint density at radius 2 is 1.90 bits per heavy atom. The van der Waals surface area contributed by atoms with Gasteiger partial charge in [-0.3, -0.25) is 4.79 Å². The summed E-state index contributed by atoms with van der Waals surface area (Å²) in [5.74, 6) is -2.33. The van der Waals surface area contributed by atoms with Crippen molar-refractivity contribution in [3.63, 3.8) is 0 Å². The molecule has 29 heavy (non-hydrogen) atoms. The molecule has 164 valence electrons. The summed E-state index contributed by atoms with van der Waals surface area (Å²) in [5.41, 5.74) is 1.49. The van der Waals surface area contributed by atoms with Crippen molar-refractivity contribution in [1.29, 1.82) is 0 Å². The van der Waals surface area contributed by atoms with Gasteiger partial charge in [0.05, 0.1) is 6.61 Å². The van der Waals surface area contributed by atoms with E-state index >= 15 is 0 Å². The van der Waals surface area contributed by atoms with Gasteiger partial charge < -0.3 is 10.1 Å². The van der Waals surface area contributed by atoms with Gasteiger partial charge in [0.2, 0.25) is 0 Å². The zero-order chi connectivity index (χ0) is 21.9. The Bertz CT molecular complexity index is 734. The molecule has 3 nitrogen and oxygen atoms in total. The van der Waals surface area contributed by atoms with Gasteiger partial charge in [0, 0.05) is 19.0 Å². The van der Waals surface area contributed by atoms with E-state index in [1.165, 1.54) is 25.7 Å². The molecule has 5 heteroatoms. The van der Waals surface area contributed by atoms with E-state index in [0.29, 0.717) is 5.56 Å². The van der Waals surface area contributed by atoms with Crippen LogP contribution in [0.5, 0.6) is 0 Å². The Hall–Kier alpha value is -1.75. The molecule has 0 radical (unpaired) electrons. The number of benzene rings is 1. The molecule has 0 atom stereocenters. The van der Waals surface area contributed by atoms with E-state index < -0.39 is 12.5 Å². The molecule has 0 heterocycles. The summed E-state index contributed by atoms with van der Waals surface area (Å²) >= 11 is 0. The lowest BCUT2D eigenvalue weighted by molar-refractivity contribution is -0.0611. The van der Waals surface area contributed by atoms with Crippen LogP contribution in [0.15, 0.2) is 12.1 Å². The number of halogens is 2. The summed E-state index contributed by atoms with van der Waals surface area (Å²) in [5, 5.41) is 4.67. The van der Waals surface area contributed by atoms with Crippen LogP contribution >= 0.6 is 0 Å². The maximum Gasteiger partial charge on any atom is 0.268 e. The van der Waals surface area contributed by atoms with Crippen LogP contribution in [0.25, 0.3) is 12.7 Å². The number of ether oxygens (including phenoxy) is 1. The van der Waals surface area contributed by atoms with Crippen LogP contribution in [0.4, 0.5) is 8.78 Å². The van der Waals surface area contributed by atoms with Crippen LogP contribution in [0.1, 0.15) is 75.2 Å². The van der Waals surface area contributed by atoms with Crippen LogP contribution < -0.4 is 15.8 Å². The highest BCUT2D eigenvalue weighted by atomic mass is 19.3. The van der Waals surface area contributed by atoms with Crippen molar-refractivity contribution in [1.82, 2.24) is 5.32 Å². The Morgan fingerprint density at radius 1 is 1.24 bits per heavy atom.